The molecule has 0 aromatic carbocycles. The number of hydrogen-bond acceptors (Lipinski definition) is 7. The summed E-state index contributed by atoms with van der Waals surface area (Å²) in [6.07, 6.45) is 13.7. The third kappa shape index (κ3) is 8.19. The van der Waals surface area contributed by atoms with Crippen LogP contribution in [0.25, 0.3) is 0 Å². The summed E-state index contributed by atoms with van der Waals surface area (Å²) in [5.74, 6) is -2.63. The van der Waals surface area contributed by atoms with Crippen LogP contribution in [0.2, 0.25) is 0 Å². The smallest absolute Gasteiger partial charge is 0.289 e. The lowest BCUT2D eigenvalue weighted by Gasteiger charge is -2.45. The average Bonchev–Trinajstić information content (AvgIpc) is 3.58. The van der Waals surface area contributed by atoms with E-state index in [4.69, 9.17) is 0 Å². The van der Waals surface area contributed by atoms with Crippen LogP contribution in [0, 0.1) is 34.0 Å². The second-order valence-corrected chi connectivity index (χ2v) is 19.0. The number of fused-ring (bicyclic) bond motifs is 1. The highest BCUT2D eigenvalue weighted by atomic mass is 32.1. The predicted molar refractivity (Wildman–Crippen MR) is 208 cm³/mol. The number of nitrogens with one attached hydrogen (secondary N) is 4. The Hall–Kier alpha value is -3.54. The molecule has 296 valence electrons. The van der Waals surface area contributed by atoms with E-state index >= 15 is 4.79 Å². The molecule has 5 amide bonds. The molecule has 1 saturated heterocycles. The molecule has 0 spiro atoms. The summed E-state index contributed by atoms with van der Waals surface area (Å²) in [6.45, 7) is 12.5. The van der Waals surface area contributed by atoms with Crippen molar-refractivity contribution >= 4 is 46.7 Å². The molecule has 0 radical (unpaired) electrons. The van der Waals surface area contributed by atoms with Crippen LogP contribution in [0.4, 0.5) is 0 Å². The van der Waals surface area contributed by atoms with Gasteiger partial charge in [-0.1, -0.05) is 97.6 Å². The van der Waals surface area contributed by atoms with Gasteiger partial charge in [0, 0.05) is 13.1 Å². The van der Waals surface area contributed by atoms with Gasteiger partial charge in [-0.15, -0.1) is 17.9 Å². The highest BCUT2D eigenvalue weighted by Gasteiger charge is 2.70. The summed E-state index contributed by atoms with van der Waals surface area (Å²) >= 11 is 1.32. The molecule has 1 aromatic rings. The molecule has 5 aliphatic rings. The maximum absolute atomic E-state index is 15.1. The lowest BCUT2D eigenvalue weighted by molar-refractivity contribution is -0.148. The van der Waals surface area contributed by atoms with Crippen molar-refractivity contribution in [3.05, 3.63) is 35.0 Å². The monoisotopic (exact) mass is 763 g/mol. The third-order valence-corrected chi connectivity index (χ3v) is 14.9. The highest BCUT2D eigenvalue weighted by Crippen LogP contribution is 2.65. The predicted octanol–water partition coefficient (Wildman–Crippen LogP) is 5.30. The first-order valence-electron chi connectivity index (χ1n) is 20.4. The topological polar surface area (TPSA) is 154 Å². The Balaban J connectivity index is 1.28. The van der Waals surface area contributed by atoms with E-state index in [0.717, 1.165) is 83.5 Å². The summed E-state index contributed by atoms with van der Waals surface area (Å²) in [5, 5.41) is 13.7. The fraction of sp³-hybridized carbons (Fsp3) is 0.714. The fourth-order valence-corrected chi connectivity index (χ4v) is 10.8. The van der Waals surface area contributed by atoms with Gasteiger partial charge in [-0.3, -0.25) is 28.8 Å². The molecule has 5 fully saturated rings. The lowest BCUT2D eigenvalue weighted by atomic mass is 9.68. The quantitative estimate of drug-likeness (QED) is 0.141. The lowest BCUT2D eigenvalue weighted by Crippen LogP contribution is -2.64. The number of piperidine rings is 1. The second-order valence-electron chi connectivity index (χ2n) is 18.1. The molecule has 4 N–H and O–H groups in total. The molecule has 6 atom stereocenters. The minimum Gasteiger partial charge on any atom is -0.346 e. The molecule has 2 heterocycles. The Kier molecular flexibility index (Phi) is 12.1. The minimum absolute atomic E-state index is 0.0865. The van der Waals surface area contributed by atoms with E-state index in [1.807, 2.05) is 11.4 Å². The molecule has 11 nitrogen and oxygen atoms in total. The summed E-state index contributed by atoms with van der Waals surface area (Å²) < 4.78 is 0. The van der Waals surface area contributed by atoms with Gasteiger partial charge in [-0.2, -0.15) is 0 Å². The molecule has 4 aliphatic carbocycles. The molecule has 12 heteroatoms. The molecule has 0 bridgehead atoms. The van der Waals surface area contributed by atoms with Crippen LogP contribution >= 0.6 is 11.3 Å². The minimum atomic E-state index is -0.999. The van der Waals surface area contributed by atoms with Gasteiger partial charge in [0.25, 0.3) is 11.8 Å². The second kappa shape index (κ2) is 16.3. The van der Waals surface area contributed by atoms with Crippen molar-refractivity contribution < 1.29 is 28.8 Å². The molecule has 1 unspecified atom stereocenters. The van der Waals surface area contributed by atoms with Crippen LogP contribution in [0.5, 0.6) is 0 Å². The number of likely N-dealkylation sites (tertiary alicyclic amines) is 1. The zero-order valence-electron chi connectivity index (χ0n) is 32.7. The fourth-order valence-electron chi connectivity index (χ4n) is 10.2. The van der Waals surface area contributed by atoms with Crippen LogP contribution in [-0.4, -0.2) is 77.5 Å². The largest absolute Gasteiger partial charge is 0.346 e. The van der Waals surface area contributed by atoms with Gasteiger partial charge >= 0.3 is 0 Å². The standard InChI is InChI=1S/C42H61N5O6S/c1-6-22-43-37(51)32(48)28(24-26-15-13-16-26)44-36(50)31-30-27(40(30,2)3)25-47(31)39(53)34(42(5)20-11-8-12-21-42)46-38(52)33(41(4)18-9-7-10-19-41)45-35(49)29-17-14-23-54-29/h6,14,17,23,26-28,30-31,33-34H,1,7-13,15-16,18-22,24-25H2,2-5H3,(H,43,51)(H,44,50)(H,45,49)(H,46,52)/t27-,28?,30-,31-,33+,34+/m0/s1. The zero-order chi connectivity index (χ0) is 38.8. The van der Waals surface area contributed by atoms with E-state index in [-0.39, 0.29) is 47.4 Å². The van der Waals surface area contributed by atoms with E-state index in [0.29, 0.717) is 17.8 Å². The van der Waals surface area contributed by atoms with Crippen LogP contribution < -0.4 is 21.3 Å². The number of thiophene rings is 1. The first-order valence-corrected chi connectivity index (χ1v) is 21.3. The first kappa shape index (κ1) is 40.1. The number of nitrogens with zero attached hydrogens (tertiary/aromatic N) is 1. The van der Waals surface area contributed by atoms with E-state index in [1.165, 1.54) is 17.4 Å². The number of carbonyl (C=O) groups is 6. The van der Waals surface area contributed by atoms with Crippen molar-refractivity contribution in [3.8, 4) is 0 Å². The number of rotatable bonds is 15. The van der Waals surface area contributed by atoms with Crippen LogP contribution in [-0.2, 0) is 24.0 Å². The molecule has 1 aliphatic heterocycles. The Morgan fingerprint density at radius 2 is 1.50 bits per heavy atom. The van der Waals surface area contributed by atoms with Gasteiger partial charge in [-0.05, 0) is 77.5 Å². The Morgan fingerprint density at radius 1 is 0.870 bits per heavy atom. The third-order valence-electron chi connectivity index (χ3n) is 14.0. The van der Waals surface area contributed by atoms with Crippen molar-refractivity contribution in [3.63, 3.8) is 0 Å². The highest BCUT2D eigenvalue weighted by molar-refractivity contribution is 7.12. The van der Waals surface area contributed by atoms with Gasteiger partial charge < -0.3 is 26.2 Å². The van der Waals surface area contributed by atoms with Crippen molar-refractivity contribution in [2.45, 2.75) is 142 Å². The molecular formula is C42H61N5O6S. The number of amides is 5. The molecule has 6 rings (SSSR count). The van der Waals surface area contributed by atoms with Gasteiger partial charge in [0.1, 0.15) is 18.1 Å². The van der Waals surface area contributed by atoms with Gasteiger partial charge in [0.2, 0.25) is 23.5 Å². The van der Waals surface area contributed by atoms with Gasteiger partial charge in [0.05, 0.1) is 10.9 Å². The number of hydrogen-bond donors (Lipinski definition) is 4. The van der Waals surface area contributed by atoms with E-state index in [2.05, 4.69) is 55.5 Å². The van der Waals surface area contributed by atoms with E-state index in [9.17, 15) is 24.0 Å². The SMILES string of the molecule is C=CCNC(=O)C(=O)C(CC1CCC1)NC(=O)[C@@H]1[C@@H]2[C@H](CN1C(=O)[C@@H](NC(=O)[C@@H](NC(=O)c1cccs1)C1(C)CCCCC1)C1(C)CCCCC1)C2(C)C. The summed E-state index contributed by atoms with van der Waals surface area (Å²) in [6, 6.07) is -0.0375. The molecule has 4 saturated carbocycles. The maximum Gasteiger partial charge on any atom is 0.289 e. The first-order chi connectivity index (χ1) is 25.7. The van der Waals surface area contributed by atoms with Crippen molar-refractivity contribution in [1.29, 1.82) is 0 Å². The Bertz CT molecular complexity index is 1590. The Labute approximate surface area is 324 Å². The van der Waals surface area contributed by atoms with Crippen molar-refractivity contribution in [2.24, 2.45) is 34.0 Å². The number of ketones is 1. The van der Waals surface area contributed by atoms with E-state index < -0.39 is 52.6 Å². The number of carbonyl (C=O) groups excluding carboxylic acids is 6. The maximum atomic E-state index is 15.1. The summed E-state index contributed by atoms with van der Waals surface area (Å²) in [7, 11) is 0. The normalized spacial score (nSPS) is 26.8. The average molecular weight is 764 g/mol. The van der Waals surface area contributed by atoms with Crippen LogP contribution in [0.1, 0.15) is 127 Å². The van der Waals surface area contributed by atoms with Gasteiger partial charge in [0.15, 0.2) is 0 Å². The van der Waals surface area contributed by atoms with Crippen LogP contribution in [0.3, 0.4) is 0 Å². The van der Waals surface area contributed by atoms with Gasteiger partial charge in [-0.25, -0.2) is 0 Å². The van der Waals surface area contributed by atoms with Crippen molar-refractivity contribution in [2.75, 3.05) is 13.1 Å². The summed E-state index contributed by atoms with van der Waals surface area (Å²) in [4.78, 5) is 86.3. The number of Topliss-reactive ketones (excluding diaryl/α,β-unsaturated/α-hetero) is 1. The van der Waals surface area contributed by atoms with Crippen molar-refractivity contribution in [1.82, 2.24) is 26.2 Å². The molecular weight excluding hydrogens is 703 g/mol. The van der Waals surface area contributed by atoms with E-state index in [1.54, 1.807) is 11.0 Å². The Morgan fingerprint density at radius 3 is 2.06 bits per heavy atom. The van der Waals surface area contributed by atoms with Crippen LogP contribution in [0.15, 0.2) is 30.2 Å². The molecule has 54 heavy (non-hydrogen) atoms. The zero-order valence-corrected chi connectivity index (χ0v) is 33.5. The molecule has 1 aromatic heterocycles. The summed E-state index contributed by atoms with van der Waals surface area (Å²) in [5.41, 5.74) is -1.23.